The van der Waals surface area contributed by atoms with Crippen LogP contribution in [0.15, 0.2) is 73.2 Å². The quantitative estimate of drug-likeness (QED) is 0.772. The minimum absolute atomic E-state index is 0.680. The minimum Gasteiger partial charge on any atom is -0.379 e. The summed E-state index contributed by atoms with van der Waals surface area (Å²) in [7, 11) is 0. The van der Waals surface area contributed by atoms with E-state index in [-0.39, 0.29) is 0 Å². The van der Waals surface area contributed by atoms with Crippen molar-refractivity contribution < 1.29 is 0 Å². The Hall–Kier alpha value is -2.68. The molecule has 0 unspecified atom stereocenters. The molecule has 2 aromatic carbocycles. The van der Waals surface area contributed by atoms with Crippen LogP contribution in [0.1, 0.15) is 16.8 Å². The molecule has 3 nitrogen and oxygen atoms in total. The fraction of sp³-hybridized carbons (Fsp3) is 0.111. The van der Waals surface area contributed by atoms with Crippen LogP contribution in [0.3, 0.4) is 0 Å². The van der Waals surface area contributed by atoms with Gasteiger partial charge in [0.05, 0.1) is 18.4 Å². The molecule has 0 aliphatic rings. The monoisotopic (exact) mass is 275 g/mol. The zero-order valence-electron chi connectivity index (χ0n) is 11.7. The van der Waals surface area contributed by atoms with Crippen LogP contribution in [0, 0.1) is 0 Å². The van der Waals surface area contributed by atoms with Gasteiger partial charge >= 0.3 is 0 Å². The van der Waals surface area contributed by atoms with Crippen molar-refractivity contribution in [3.8, 4) is 0 Å². The second-order valence-corrected chi connectivity index (χ2v) is 4.87. The Kier molecular flexibility index (Phi) is 4.22. The van der Waals surface area contributed by atoms with Crippen LogP contribution in [-0.2, 0) is 13.0 Å². The van der Waals surface area contributed by atoms with Crippen LogP contribution in [0.4, 0.5) is 5.69 Å². The Morgan fingerprint density at radius 2 is 1.67 bits per heavy atom. The number of para-hydroxylation sites is 1. The van der Waals surface area contributed by atoms with Crippen molar-refractivity contribution in [1.82, 2.24) is 9.97 Å². The molecule has 0 amide bonds. The average Bonchev–Trinajstić information content (AvgIpc) is 2.56. The summed E-state index contributed by atoms with van der Waals surface area (Å²) in [6.07, 6.45) is 6.11. The van der Waals surface area contributed by atoms with E-state index in [2.05, 4.69) is 57.7 Å². The topological polar surface area (TPSA) is 37.8 Å². The summed E-state index contributed by atoms with van der Waals surface area (Å²) < 4.78 is 0. The van der Waals surface area contributed by atoms with Gasteiger partial charge in [-0.1, -0.05) is 48.5 Å². The molecule has 3 aromatic rings. The van der Waals surface area contributed by atoms with Gasteiger partial charge in [-0.3, -0.25) is 9.97 Å². The summed E-state index contributed by atoms with van der Waals surface area (Å²) in [6, 6.07) is 18.9. The number of hydrogen-bond acceptors (Lipinski definition) is 3. The Morgan fingerprint density at radius 3 is 2.48 bits per heavy atom. The first-order valence-corrected chi connectivity index (χ1v) is 7.02. The van der Waals surface area contributed by atoms with Gasteiger partial charge in [-0.15, -0.1) is 0 Å². The van der Waals surface area contributed by atoms with E-state index < -0.39 is 0 Å². The minimum atomic E-state index is 0.680. The van der Waals surface area contributed by atoms with Crippen molar-refractivity contribution in [3.05, 3.63) is 90.0 Å². The van der Waals surface area contributed by atoms with Crippen molar-refractivity contribution >= 4 is 5.69 Å². The number of nitrogens with zero attached hydrogens (tertiary/aromatic N) is 2. The fourth-order valence-corrected chi connectivity index (χ4v) is 2.27. The van der Waals surface area contributed by atoms with Crippen molar-refractivity contribution in [2.75, 3.05) is 5.32 Å². The smallest absolute Gasteiger partial charge is 0.0777 e. The molecule has 0 saturated carbocycles. The Balaban J connectivity index is 1.73. The van der Waals surface area contributed by atoms with Gasteiger partial charge in [0.25, 0.3) is 0 Å². The highest BCUT2D eigenvalue weighted by molar-refractivity contribution is 5.52. The number of rotatable bonds is 5. The summed E-state index contributed by atoms with van der Waals surface area (Å²) in [4.78, 5) is 8.37. The van der Waals surface area contributed by atoms with Crippen LogP contribution in [0.25, 0.3) is 0 Å². The second kappa shape index (κ2) is 6.66. The summed E-state index contributed by atoms with van der Waals surface area (Å²) in [6.45, 7) is 0.680. The highest BCUT2D eigenvalue weighted by atomic mass is 14.9. The van der Waals surface area contributed by atoms with Crippen LogP contribution < -0.4 is 5.32 Å². The molecule has 21 heavy (non-hydrogen) atoms. The van der Waals surface area contributed by atoms with Gasteiger partial charge in [0.2, 0.25) is 0 Å². The van der Waals surface area contributed by atoms with Crippen molar-refractivity contribution in [3.63, 3.8) is 0 Å². The predicted octanol–water partition coefficient (Wildman–Crippen LogP) is 3.68. The van der Waals surface area contributed by atoms with E-state index in [1.54, 1.807) is 18.6 Å². The van der Waals surface area contributed by atoms with Crippen molar-refractivity contribution in [2.24, 2.45) is 0 Å². The van der Waals surface area contributed by atoms with E-state index in [9.17, 15) is 0 Å². The summed E-state index contributed by atoms with van der Waals surface area (Å²) >= 11 is 0. The van der Waals surface area contributed by atoms with Gasteiger partial charge in [-0.05, 0) is 23.6 Å². The van der Waals surface area contributed by atoms with Gasteiger partial charge in [0, 0.05) is 18.1 Å². The maximum Gasteiger partial charge on any atom is 0.0777 e. The van der Waals surface area contributed by atoms with Crippen LogP contribution in [0.5, 0.6) is 0 Å². The number of benzene rings is 2. The third-order valence-electron chi connectivity index (χ3n) is 3.33. The summed E-state index contributed by atoms with van der Waals surface area (Å²) in [5.41, 5.74) is 4.68. The van der Waals surface area contributed by atoms with E-state index in [0.29, 0.717) is 6.54 Å². The molecule has 1 heterocycles. The molecule has 0 bridgehead atoms. The summed E-state index contributed by atoms with van der Waals surface area (Å²) in [5.74, 6) is 0. The first-order valence-electron chi connectivity index (χ1n) is 7.02. The van der Waals surface area contributed by atoms with E-state index in [4.69, 9.17) is 0 Å². The first kappa shape index (κ1) is 13.3. The SMILES string of the molecule is c1ccc(Cc2ccccc2NCc2cnccn2)cc1. The molecular weight excluding hydrogens is 258 g/mol. The number of hydrogen-bond donors (Lipinski definition) is 1. The highest BCUT2D eigenvalue weighted by Gasteiger charge is 2.03. The Labute approximate surface area is 124 Å². The second-order valence-electron chi connectivity index (χ2n) is 4.87. The molecule has 104 valence electrons. The standard InChI is InChI=1S/C18H17N3/c1-2-6-15(7-3-1)12-16-8-4-5-9-18(16)21-14-17-13-19-10-11-20-17/h1-11,13,21H,12,14H2. The predicted molar refractivity (Wildman–Crippen MR) is 85.0 cm³/mol. The van der Waals surface area contributed by atoms with Gasteiger partial charge in [0.1, 0.15) is 0 Å². The van der Waals surface area contributed by atoms with Crippen LogP contribution >= 0.6 is 0 Å². The molecule has 0 radical (unpaired) electrons. The zero-order chi connectivity index (χ0) is 14.3. The number of aromatic nitrogens is 2. The Morgan fingerprint density at radius 1 is 0.857 bits per heavy atom. The molecule has 0 aliphatic carbocycles. The molecule has 0 aliphatic heterocycles. The summed E-state index contributed by atoms with van der Waals surface area (Å²) in [5, 5.41) is 3.45. The molecule has 1 aromatic heterocycles. The molecule has 0 saturated heterocycles. The molecule has 1 N–H and O–H groups in total. The number of anilines is 1. The lowest BCUT2D eigenvalue weighted by Gasteiger charge is -2.11. The fourth-order valence-electron chi connectivity index (χ4n) is 2.27. The maximum absolute atomic E-state index is 4.28. The first-order chi connectivity index (χ1) is 10.4. The van der Waals surface area contributed by atoms with Gasteiger partial charge in [0.15, 0.2) is 0 Å². The van der Waals surface area contributed by atoms with Crippen molar-refractivity contribution in [1.29, 1.82) is 0 Å². The lowest BCUT2D eigenvalue weighted by Crippen LogP contribution is -2.04. The molecule has 3 rings (SSSR count). The average molecular weight is 275 g/mol. The maximum atomic E-state index is 4.28. The lowest BCUT2D eigenvalue weighted by molar-refractivity contribution is 1.00. The van der Waals surface area contributed by atoms with E-state index >= 15 is 0 Å². The van der Waals surface area contributed by atoms with Crippen LogP contribution in [-0.4, -0.2) is 9.97 Å². The molecule has 0 atom stereocenters. The van der Waals surface area contributed by atoms with Gasteiger partial charge < -0.3 is 5.32 Å². The molecule has 0 spiro atoms. The number of nitrogens with one attached hydrogen (secondary N) is 1. The van der Waals surface area contributed by atoms with Gasteiger partial charge in [-0.25, -0.2) is 0 Å². The zero-order valence-corrected chi connectivity index (χ0v) is 11.7. The molecule has 0 fully saturated rings. The van der Waals surface area contributed by atoms with Gasteiger partial charge in [-0.2, -0.15) is 0 Å². The lowest BCUT2D eigenvalue weighted by atomic mass is 10.0. The highest BCUT2D eigenvalue weighted by Crippen LogP contribution is 2.19. The van der Waals surface area contributed by atoms with Crippen molar-refractivity contribution in [2.45, 2.75) is 13.0 Å². The largest absolute Gasteiger partial charge is 0.379 e. The molecular formula is C18H17N3. The van der Waals surface area contributed by atoms with E-state index in [1.807, 2.05) is 12.1 Å². The van der Waals surface area contributed by atoms with E-state index in [0.717, 1.165) is 17.8 Å². The Bertz CT molecular complexity index is 681. The van der Waals surface area contributed by atoms with Crippen LogP contribution in [0.2, 0.25) is 0 Å². The normalized spacial score (nSPS) is 10.3. The third kappa shape index (κ3) is 3.66. The third-order valence-corrected chi connectivity index (χ3v) is 3.33. The van der Waals surface area contributed by atoms with E-state index in [1.165, 1.54) is 11.1 Å². The molecule has 3 heteroatoms.